The van der Waals surface area contributed by atoms with E-state index >= 15 is 0 Å². The number of amides is 1. The van der Waals surface area contributed by atoms with Crippen LogP contribution in [0.1, 0.15) is 25.8 Å². The average molecular weight is 296 g/mol. The molecule has 110 valence electrons. The van der Waals surface area contributed by atoms with E-state index in [0.29, 0.717) is 29.3 Å². The molecule has 5 nitrogen and oxygen atoms in total. The maximum atomic E-state index is 11.9. The number of carbonyl (C=O) groups is 1. The molecule has 1 amide bonds. The predicted octanol–water partition coefficient (Wildman–Crippen LogP) is 1.33. The molecule has 1 heterocycles. The molecule has 0 aliphatic carbocycles. The van der Waals surface area contributed by atoms with Crippen LogP contribution in [0.4, 0.5) is 5.69 Å². The number of sulfone groups is 1. The highest BCUT2D eigenvalue weighted by Crippen LogP contribution is 2.28. The second-order valence-corrected chi connectivity index (χ2v) is 7.69. The van der Waals surface area contributed by atoms with Gasteiger partial charge in [0.15, 0.2) is 9.84 Å². The van der Waals surface area contributed by atoms with Crippen LogP contribution >= 0.6 is 0 Å². The Morgan fingerprint density at radius 2 is 2.10 bits per heavy atom. The molecule has 1 aromatic carbocycles. The third kappa shape index (κ3) is 3.19. The van der Waals surface area contributed by atoms with Crippen LogP contribution in [0.2, 0.25) is 0 Å². The van der Waals surface area contributed by atoms with E-state index < -0.39 is 15.9 Å². The summed E-state index contributed by atoms with van der Waals surface area (Å²) in [5.41, 5.74) is 7.10. The van der Waals surface area contributed by atoms with Crippen LogP contribution in [0, 0.1) is 5.92 Å². The first kappa shape index (κ1) is 15.0. The van der Waals surface area contributed by atoms with E-state index in [4.69, 9.17) is 5.73 Å². The number of anilines is 1. The molecular formula is C14H20N2O3S. The Kier molecular flexibility index (Phi) is 4.15. The second kappa shape index (κ2) is 5.54. The summed E-state index contributed by atoms with van der Waals surface area (Å²) < 4.78 is 23.7. The van der Waals surface area contributed by atoms with Crippen molar-refractivity contribution in [3.05, 3.63) is 23.8 Å². The Morgan fingerprint density at radius 3 is 2.75 bits per heavy atom. The Balaban J connectivity index is 2.14. The molecule has 1 aliphatic heterocycles. The van der Waals surface area contributed by atoms with Gasteiger partial charge in [-0.05, 0) is 36.5 Å². The van der Waals surface area contributed by atoms with Gasteiger partial charge in [0.25, 0.3) is 0 Å². The average Bonchev–Trinajstić information content (AvgIpc) is 2.64. The van der Waals surface area contributed by atoms with Crippen LogP contribution in [0.15, 0.2) is 23.1 Å². The minimum Gasteiger partial charge on any atom is -0.325 e. The zero-order valence-corrected chi connectivity index (χ0v) is 12.5. The fraction of sp³-hybridized carbons (Fsp3) is 0.500. The van der Waals surface area contributed by atoms with Crippen molar-refractivity contribution in [2.45, 2.75) is 37.6 Å². The zero-order valence-electron chi connectivity index (χ0n) is 11.7. The van der Waals surface area contributed by atoms with Gasteiger partial charge in [-0.25, -0.2) is 8.42 Å². The van der Waals surface area contributed by atoms with Crippen LogP contribution < -0.4 is 11.1 Å². The molecule has 0 aromatic heterocycles. The number of benzene rings is 1. The fourth-order valence-corrected chi connectivity index (χ4v) is 3.92. The summed E-state index contributed by atoms with van der Waals surface area (Å²) >= 11 is 0. The second-order valence-electron chi connectivity index (χ2n) is 5.62. The highest BCUT2D eigenvalue weighted by Gasteiger charge is 2.26. The maximum Gasteiger partial charge on any atom is 0.241 e. The minimum absolute atomic E-state index is 0.145. The summed E-state index contributed by atoms with van der Waals surface area (Å²) in [7, 11) is -3.19. The molecule has 0 bridgehead atoms. The summed E-state index contributed by atoms with van der Waals surface area (Å²) in [6.45, 7) is 3.99. The lowest BCUT2D eigenvalue weighted by molar-refractivity contribution is -0.117. The van der Waals surface area contributed by atoms with Crippen molar-refractivity contribution in [2.24, 2.45) is 11.7 Å². The van der Waals surface area contributed by atoms with Crippen molar-refractivity contribution < 1.29 is 13.2 Å². The molecule has 0 saturated heterocycles. The van der Waals surface area contributed by atoms with Crippen LogP contribution in [0.25, 0.3) is 0 Å². The summed E-state index contributed by atoms with van der Waals surface area (Å²) in [4.78, 5) is 12.3. The van der Waals surface area contributed by atoms with Crippen molar-refractivity contribution in [1.82, 2.24) is 0 Å². The molecule has 0 saturated carbocycles. The van der Waals surface area contributed by atoms with Gasteiger partial charge in [0, 0.05) is 5.69 Å². The van der Waals surface area contributed by atoms with Crippen molar-refractivity contribution >= 4 is 21.4 Å². The van der Waals surface area contributed by atoms with Crippen molar-refractivity contribution in [3.63, 3.8) is 0 Å². The monoisotopic (exact) mass is 296 g/mol. The van der Waals surface area contributed by atoms with Gasteiger partial charge in [-0.2, -0.15) is 0 Å². The standard InChI is InChI=1S/C14H20N2O3S/c1-9(2)7-12(15)14(17)16-11-4-3-10-5-6-20(18,19)13(10)8-11/h3-4,8-9,12H,5-7,15H2,1-2H3,(H,16,17)/t12-/m0/s1. The molecule has 6 heteroatoms. The van der Waals surface area contributed by atoms with Gasteiger partial charge in [-0.1, -0.05) is 19.9 Å². The van der Waals surface area contributed by atoms with Gasteiger partial charge >= 0.3 is 0 Å². The molecule has 0 spiro atoms. The molecule has 1 atom stereocenters. The first-order chi connectivity index (χ1) is 9.29. The normalized spacial score (nSPS) is 17.8. The van der Waals surface area contributed by atoms with Crippen LogP contribution in [0.3, 0.4) is 0 Å². The molecular weight excluding hydrogens is 276 g/mol. The lowest BCUT2D eigenvalue weighted by Gasteiger charge is -2.14. The minimum atomic E-state index is -3.19. The lowest BCUT2D eigenvalue weighted by Crippen LogP contribution is -2.36. The number of nitrogens with two attached hydrogens (primary N) is 1. The van der Waals surface area contributed by atoms with Crippen molar-refractivity contribution in [3.8, 4) is 0 Å². The highest BCUT2D eigenvalue weighted by molar-refractivity contribution is 7.91. The summed E-state index contributed by atoms with van der Waals surface area (Å²) in [6.07, 6.45) is 1.13. The molecule has 3 N–H and O–H groups in total. The Hall–Kier alpha value is -1.40. The van der Waals surface area contributed by atoms with E-state index in [-0.39, 0.29) is 11.7 Å². The largest absolute Gasteiger partial charge is 0.325 e. The Labute approximate surface area is 119 Å². The molecule has 1 aliphatic rings. The summed E-state index contributed by atoms with van der Waals surface area (Å²) in [5.74, 6) is 0.192. The number of hydrogen-bond donors (Lipinski definition) is 2. The zero-order chi connectivity index (χ0) is 14.9. The molecule has 0 unspecified atom stereocenters. The Morgan fingerprint density at radius 1 is 1.40 bits per heavy atom. The molecule has 0 fully saturated rings. The van der Waals surface area contributed by atoms with E-state index in [9.17, 15) is 13.2 Å². The summed E-state index contributed by atoms with van der Waals surface area (Å²) in [5, 5.41) is 2.69. The SMILES string of the molecule is CC(C)C[C@H](N)C(=O)Nc1ccc2c(c1)S(=O)(=O)CC2. The number of hydrogen-bond acceptors (Lipinski definition) is 4. The molecule has 0 radical (unpaired) electrons. The van der Waals surface area contributed by atoms with Gasteiger partial charge in [0.2, 0.25) is 5.91 Å². The van der Waals surface area contributed by atoms with Gasteiger partial charge in [-0.15, -0.1) is 0 Å². The van der Waals surface area contributed by atoms with Crippen LogP contribution in [-0.2, 0) is 21.1 Å². The number of aryl methyl sites for hydroxylation is 1. The summed E-state index contributed by atoms with van der Waals surface area (Å²) in [6, 6.07) is 4.42. The first-order valence-electron chi connectivity index (χ1n) is 6.72. The van der Waals surface area contributed by atoms with Crippen LogP contribution in [-0.4, -0.2) is 26.1 Å². The lowest BCUT2D eigenvalue weighted by atomic mass is 10.0. The van der Waals surface area contributed by atoms with E-state index in [1.807, 2.05) is 13.8 Å². The third-order valence-electron chi connectivity index (χ3n) is 3.37. The van der Waals surface area contributed by atoms with Crippen molar-refractivity contribution in [1.29, 1.82) is 0 Å². The number of carbonyl (C=O) groups excluding carboxylic acids is 1. The third-order valence-corrected chi connectivity index (χ3v) is 5.16. The van der Waals surface area contributed by atoms with E-state index in [2.05, 4.69) is 5.32 Å². The molecule has 20 heavy (non-hydrogen) atoms. The number of fused-ring (bicyclic) bond motifs is 1. The van der Waals surface area contributed by atoms with E-state index in [0.717, 1.165) is 5.56 Å². The fourth-order valence-electron chi connectivity index (χ4n) is 2.33. The van der Waals surface area contributed by atoms with Gasteiger partial charge < -0.3 is 11.1 Å². The quantitative estimate of drug-likeness (QED) is 0.877. The predicted molar refractivity (Wildman–Crippen MR) is 78.3 cm³/mol. The molecule has 1 aromatic rings. The number of nitrogens with one attached hydrogen (secondary N) is 1. The molecule has 2 rings (SSSR count). The van der Waals surface area contributed by atoms with Crippen LogP contribution in [0.5, 0.6) is 0 Å². The van der Waals surface area contributed by atoms with Crippen molar-refractivity contribution in [2.75, 3.05) is 11.1 Å². The Bertz CT molecular complexity index is 623. The number of rotatable bonds is 4. The van der Waals surface area contributed by atoms with Gasteiger partial charge in [0.05, 0.1) is 16.7 Å². The first-order valence-corrected chi connectivity index (χ1v) is 8.37. The van der Waals surface area contributed by atoms with Gasteiger partial charge in [0.1, 0.15) is 0 Å². The van der Waals surface area contributed by atoms with E-state index in [1.165, 1.54) is 6.07 Å². The smallest absolute Gasteiger partial charge is 0.241 e. The highest BCUT2D eigenvalue weighted by atomic mass is 32.2. The topological polar surface area (TPSA) is 89.3 Å². The maximum absolute atomic E-state index is 11.9. The van der Waals surface area contributed by atoms with Gasteiger partial charge in [-0.3, -0.25) is 4.79 Å². The van der Waals surface area contributed by atoms with E-state index in [1.54, 1.807) is 12.1 Å².